The fourth-order valence-corrected chi connectivity index (χ4v) is 4.05. The summed E-state index contributed by atoms with van der Waals surface area (Å²) in [6.45, 7) is 6.12. The molecule has 1 aromatic carbocycles. The van der Waals surface area contributed by atoms with Crippen LogP contribution in [0.3, 0.4) is 0 Å². The summed E-state index contributed by atoms with van der Waals surface area (Å²) in [5.41, 5.74) is 1.29. The van der Waals surface area contributed by atoms with Crippen molar-refractivity contribution in [1.82, 2.24) is 9.55 Å². The Kier molecular flexibility index (Phi) is 5.08. The van der Waals surface area contributed by atoms with Gasteiger partial charge in [-0.15, -0.1) is 11.3 Å². The fourth-order valence-electron chi connectivity index (χ4n) is 3.05. The Bertz CT molecular complexity index is 1000. The number of carboxylic acid groups (broad SMARTS) is 1. The van der Waals surface area contributed by atoms with Gasteiger partial charge in [-0.1, -0.05) is 19.1 Å². The van der Waals surface area contributed by atoms with Crippen LogP contribution >= 0.6 is 11.3 Å². The molecule has 6 nitrogen and oxygen atoms in total. The Hall–Kier alpha value is -2.67. The molecular formula is C19H19N2O4S-. The monoisotopic (exact) mass is 371 g/mol. The highest BCUT2D eigenvalue weighted by Gasteiger charge is 2.20. The van der Waals surface area contributed by atoms with Gasteiger partial charge in [0.25, 0.3) is 5.56 Å². The molecule has 0 saturated carbocycles. The van der Waals surface area contributed by atoms with Crippen molar-refractivity contribution in [3.8, 4) is 16.9 Å². The van der Waals surface area contributed by atoms with E-state index in [2.05, 4.69) is 4.98 Å². The summed E-state index contributed by atoms with van der Waals surface area (Å²) in [5, 5.41) is 11.8. The van der Waals surface area contributed by atoms with E-state index >= 15 is 0 Å². The molecule has 0 amide bonds. The minimum Gasteiger partial charge on any atom is -0.548 e. The number of hydrogen-bond acceptors (Lipinski definition) is 6. The molecule has 0 aliphatic rings. The molecule has 0 aliphatic heterocycles. The smallest absolute Gasteiger partial charge is 0.263 e. The van der Waals surface area contributed by atoms with Crippen molar-refractivity contribution in [3.05, 3.63) is 45.8 Å². The van der Waals surface area contributed by atoms with Gasteiger partial charge in [0.1, 0.15) is 10.6 Å². The Morgan fingerprint density at radius 1 is 1.31 bits per heavy atom. The van der Waals surface area contributed by atoms with Gasteiger partial charge in [0.2, 0.25) is 0 Å². The van der Waals surface area contributed by atoms with E-state index in [4.69, 9.17) is 4.74 Å². The molecule has 3 rings (SSSR count). The Balaban J connectivity index is 2.21. The number of nitrogens with zero attached hydrogens (tertiary/aromatic N) is 2. The summed E-state index contributed by atoms with van der Waals surface area (Å²) in [4.78, 5) is 30.3. The van der Waals surface area contributed by atoms with Crippen LogP contribution in [0, 0.1) is 6.92 Å². The molecule has 2 aromatic heterocycles. The van der Waals surface area contributed by atoms with Gasteiger partial charge in [-0.2, -0.15) is 0 Å². The minimum atomic E-state index is -1.29. The molecule has 3 aromatic rings. The number of aryl methyl sites for hydroxylation is 1. The molecule has 7 heteroatoms. The molecule has 0 fully saturated rings. The van der Waals surface area contributed by atoms with Crippen molar-refractivity contribution in [2.75, 3.05) is 6.61 Å². The first kappa shape index (κ1) is 18.1. The number of ether oxygens (including phenoxy) is 1. The standard InChI is InChI=1S/C19H20N2O4S/c1-4-14(19(23)24)21-10-20-17-16(18(21)22)15(11(3)26-17)12-6-8-13(9-7-12)25-5-2/h6-10,14H,4-5H2,1-3H3,(H,23,24)/p-1/t14-/m0/s1. The summed E-state index contributed by atoms with van der Waals surface area (Å²) in [6, 6.07) is 6.46. The van der Waals surface area contributed by atoms with Gasteiger partial charge in [-0.25, -0.2) is 4.98 Å². The topological polar surface area (TPSA) is 84.2 Å². The largest absolute Gasteiger partial charge is 0.548 e. The summed E-state index contributed by atoms with van der Waals surface area (Å²) >= 11 is 1.42. The van der Waals surface area contributed by atoms with Crippen molar-refractivity contribution in [2.45, 2.75) is 33.2 Å². The maximum atomic E-state index is 13.0. The highest BCUT2D eigenvalue weighted by Crippen LogP contribution is 2.36. The summed E-state index contributed by atoms with van der Waals surface area (Å²) in [5.74, 6) is -0.530. The Morgan fingerprint density at radius 3 is 2.58 bits per heavy atom. The van der Waals surface area contributed by atoms with Crippen LogP contribution in [-0.2, 0) is 4.79 Å². The van der Waals surface area contributed by atoms with Crippen LogP contribution in [0.2, 0.25) is 0 Å². The van der Waals surface area contributed by atoms with E-state index < -0.39 is 12.0 Å². The van der Waals surface area contributed by atoms with Gasteiger partial charge in [0.15, 0.2) is 0 Å². The van der Waals surface area contributed by atoms with Crippen LogP contribution in [-0.4, -0.2) is 22.1 Å². The number of rotatable bonds is 6. The highest BCUT2D eigenvalue weighted by molar-refractivity contribution is 7.19. The van der Waals surface area contributed by atoms with Crippen molar-refractivity contribution in [1.29, 1.82) is 0 Å². The van der Waals surface area contributed by atoms with Crippen molar-refractivity contribution >= 4 is 27.5 Å². The lowest BCUT2D eigenvalue weighted by Crippen LogP contribution is -2.37. The maximum absolute atomic E-state index is 13.0. The Morgan fingerprint density at radius 2 is 2.00 bits per heavy atom. The second-order valence-electron chi connectivity index (χ2n) is 5.87. The Labute approximate surface area is 154 Å². The van der Waals surface area contributed by atoms with Crippen molar-refractivity contribution < 1.29 is 14.6 Å². The first-order valence-corrected chi connectivity index (χ1v) is 9.23. The SMILES string of the molecule is CCOc1ccc(-c2c(C)sc3ncn([C@@H](CC)C(=O)[O-])c(=O)c23)cc1. The molecule has 2 heterocycles. The van der Waals surface area contributed by atoms with Gasteiger partial charge < -0.3 is 14.6 Å². The number of benzene rings is 1. The number of hydrogen-bond donors (Lipinski definition) is 0. The molecule has 0 aliphatic carbocycles. The summed E-state index contributed by atoms with van der Waals surface area (Å²) in [7, 11) is 0. The van der Waals surface area contributed by atoms with Crippen LogP contribution in [0.4, 0.5) is 0 Å². The highest BCUT2D eigenvalue weighted by atomic mass is 32.1. The molecule has 26 heavy (non-hydrogen) atoms. The predicted molar refractivity (Wildman–Crippen MR) is 99.6 cm³/mol. The molecule has 0 N–H and O–H groups in total. The third kappa shape index (κ3) is 3.10. The molecule has 136 valence electrons. The van der Waals surface area contributed by atoms with Crippen LogP contribution in [0.25, 0.3) is 21.3 Å². The van der Waals surface area contributed by atoms with Gasteiger partial charge in [-0.3, -0.25) is 9.36 Å². The zero-order valence-corrected chi connectivity index (χ0v) is 15.6. The number of carbonyl (C=O) groups is 1. The van der Waals surface area contributed by atoms with Crippen molar-refractivity contribution in [2.24, 2.45) is 0 Å². The third-order valence-corrected chi connectivity index (χ3v) is 5.28. The van der Waals surface area contributed by atoms with Gasteiger partial charge in [0, 0.05) is 10.4 Å². The van der Waals surface area contributed by atoms with Crippen LogP contribution < -0.4 is 15.4 Å². The number of aliphatic carboxylic acids is 1. The lowest BCUT2D eigenvalue weighted by atomic mass is 10.0. The van der Waals surface area contributed by atoms with Gasteiger partial charge >= 0.3 is 0 Å². The van der Waals surface area contributed by atoms with E-state index in [1.54, 1.807) is 6.92 Å². The quantitative estimate of drug-likeness (QED) is 0.665. The normalized spacial score (nSPS) is 12.3. The van der Waals surface area contributed by atoms with E-state index in [1.165, 1.54) is 17.7 Å². The number of carboxylic acids is 1. The summed E-state index contributed by atoms with van der Waals surface area (Å²) < 4.78 is 6.62. The van der Waals surface area contributed by atoms with Crippen LogP contribution in [0.1, 0.15) is 31.2 Å². The molecule has 0 unspecified atom stereocenters. The van der Waals surface area contributed by atoms with Crippen LogP contribution in [0.15, 0.2) is 35.4 Å². The average Bonchev–Trinajstić information content (AvgIpc) is 2.95. The number of thiophene rings is 1. The van der Waals surface area contributed by atoms with E-state index in [0.717, 1.165) is 26.3 Å². The van der Waals surface area contributed by atoms with Gasteiger partial charge in [-0.05, 0) is 38.0 Å². The van der Waals surface area contributed by atoms with E-state index in [-0.39, 0.29) is 12.0 Å². The maximum Gasteiger partial charge on any atom is 0.263 e. The average molecular weight is 371 g/mol. The molecular weight excluding hydrogens is 352 g/mol. The predicted octanol–water partition coefficient (Wildman–Crippen LogP) is 2.53. The van der Waals surface area contributed by atoms with Gasteiger partial charge in [0.05, 0.1) is 30.3 Å². The zero-order chi connectivity index (χ0) is 18.8. The van der Waals surface area contributed by atoms with E-state index in [1.807, 2.05) is 38.1 Å². The zero-order valence-electron chi connectivity index (χ0n) is 14.8. The summed E-state index contributed by atoms with van der Waals surface area (Å²) in [6.07, 6.45) is 1.55. The lowest BCUT2D eigenvalue weighted by molar-refractivity contribution is -0.310. The first-order valence-electron chi connectivity index (χ1n) is 8.42. The lowest BCUT2D eigenvalue weighted by Gasteiger charge is -2.18. The molecule has 0 saturated heterocycles. The molecule has 0 spiro atoms. The number of fused-ring (bicyclic) bond motifs is 1. The third-order valence-electron chi connectivity index (χ3n) is 4.26. The second-order valence-corrected chi connectivity index (χ2v) is 7.07. The number of carbonyl (C=O) groups excluding carboxylic acids is 1. The molecule has 1 atom stereocenters. The minimum absolute atomic E-state index is 0.247. The van der Waals surface area contributed by atoms with E-state index in [0.29, 0.717) is 16.8 Å². The van der Waals surface area contributed by atoms with Crippen molar-refractivity contribution in [3.63, 3.8) is 0 Å². The molecule has 0 bridgehead atoms. The number of aromatic nitrogens is 2. The second kappa shape index (κ2) is 7.29. The van der Waals surface area contributed by atoms with E-state index in [9.17, 15) is 14.7 Å². The fraction of sp³-hybridized carbons (Fsp3) is 0.316. The first-order chi connectivity index (χ1) is 12.5. The van der Waals surface area contributed by atoms with Crippen LogP contribution in [0.5, 0.6) is 5.75 Å². The molecule has 0 radical (unpaired) electrons.